The smallest absolute Gasteiger partial charge is 0.246 e. The fraction of sp³-hybridized carbons (Fsp3) is 0. The van der Waals surface area contributed by atoms with Crippen molar-refractivity contribution in [3.05, 3.63) is 18.0 Å². The van der Waals surface area contributed by atoms with Crippen LogP contribution in [0, 0.1) is 5.41 Å². The van der Waals surface area contributed by atoms with E-state index in [1.54, 1.807) is 0 Å². The largest absolute Gasteiger partial charge is 0.427 e. The van der Waals surface area contributed by atoms with Crippen LogP contribution >= 0.6 is 0 Å². The van der Waals surface area contributed by atoms with Gasteiger partial charge in [0.15, 0.2) is 11.5 Å². The lowest BCUT2D eigenvalue weighted by Gasteiger charge is -2.07. The molecule has 2 heterocycles. The third-order valence-corrected chi connectivity index (χ3v) is 1.52. The molecule has 66 valence electrons. The van der Waals surface area contributed by atoms with Crippen molar-refractivity contribution >= 4 is 5.82 Å². The molecule has 0 amide bonds. The molecule has 0 unspecified atom stereocenters. The number of nitrogens with two attached hydrogens (primary N) is 1. The van der Waals surface area contributed by atoms with E-state index in [0.29, 0.717) is 0 Å². The maximum Gasteiger partial charge on any atom is 0.246 e. The van der Waals surface area contributed by atoms with Gasteiger partial charge < -0.3 is 10.9 Å². The summed E-state index contributed by atoms with van der Waals surface area (Å²) in [6, 6.07) is 0. The van der Waals surface area contributed by atoms with Crippen molar-refractivity contribution in [3.8, 4) is 11.5 Å². The number of rotatable bonds is 0. The van der Waals surface area contributed by atoms with Gasteiger partial charge in [-0.3, -0.25) is 5.41 Å². The van der Waals surface area contributed by atoms with Gasteiger partial charge in [-0.2, -0.15) is 14.7 Å². The van der Waals surface area contributed by atoms with Gasteiger partial charge in [0.25, 0.3) is 0 Å². The second kappa shape index (κ2) is 2.41. The van der Waals surface area contributed by atoms with Crippen LogP contribution in [-0.4, -0.2) is 24.9 Å². The summed E-state index contributed by atoms with van der Waals surface area (Å²) in [5.41, 5.74) is 5.50. The fourth-order valence-corrected chi connectivity index (χ4v) is 0.985. The first-order valence-electron chi connectivity index (χ1n) is 3.43. The SMILES string of the molecule is N=c1nc(N)c2nccn(O)c-2n1. The number of fused-ring (bicyclic) bond motifs is 1. The Kier molecular flexibility index (Phi) is 1.38. The third-order valence-electron chi connectivity index (χ3n) is 1.52. The average Bonchev–Trinajstić information content (AvgIpc) is 2.07. The van der Waals surface area contributed by atoms with E-state index < -0.39 is 0 Å². The molecule has 0 saturated carbocycles. The Bertz CT molecular complexity index is 477. The van der Waals surface area contributed by atoms with Crippen LogP contribution in [-0.2, 0) is 0 Å². The maximum absolute atomic E-state index is 9.27. The van der Waals surface area contributed by atoms with Crippen molar-refractivity contribution < 1.29 is 5.21 Å². The van der Waals surface area contributed by atoms with Crippen molar-refractivity contribution in [2.75, 3.05) is 5.73 Å². The van der Waals surface area contributed by atoms with E-state index in [9.17, 15) is 5.21 Å². The van der Waals surface area contributed by atoms with Gasteiger partial charge in [0, 0.05) is 6.20 Å². The van der Waals surface area contributed by atoms with Crippen LogP contribution in [0.25, 0.3) is 11.5 Å². The minimum absolute atomic E-state index is 0.0819. The van der Waals surface area contributed by atoms with Crippen molar-refractivity contribution in [1.29, 1.82) is 5.41 Å². The molecule has 0 radical (unpaired) electrons. The number of hydrogen-bond acceptors (Lipinski definition) is 6. The van der Waals surface area contributed by atoms with Crippen LogP contribution in [0.5, 0.6) is 0 Å². The first-order chi connectivity index (χ1) is 6.18. The normalized spacial score (nSPS) is 10.5. The Hall–Kier alpha value is -2.18. The van der Waals surface area contributed by atoms with Gasteiger partial charge in [-0.15, -0.1) is 0 Å². The van der Waals surface area contributed by atoms with E-state index in [4.69, 9.17) is 11.1 Å². The van der Waals surface area contributed by atoms with Crippen LogP contribution in [0.3, 0.4) is 0 Å². The summed E-state index contributed by atoms with van der Waals surface area (Å²) in [5.74, 6) is 0.207. The molecule has 7 nitrogen and oxygen atoms in total. The van der Waals surface area contributed by atoms with E-state index in [1.807, 2.05) is 0 Å². The molecule has 0 bridgehead atoms. The van der Waals surface area contributed by atoms with E-state index in [-0.39, 0.29) is 23.0 Å². The van der Waals surface area contributed by atoms with Crippen molar-refractivity contribution in [2.45, 2.75) is 0 Å². The summed E-state index contributed by atoms with van der Waals surface area (Å²) in [6.07, 6.45) is 2.67. The standard InChI is InChI=1S/C6H6N6O/c7-4-3-5(11-6(8)10-4)12(13)2-1-9-3/h1-2,13H,(H3,7,8,10). The van der Waals surface area contributed by atoms with Crippen LogP contribution in [0.4, 0.5) is 5.82 Å². The predicted molar refractivity (Wildman–Crippen MR) is 41.9 cm³/mol. The second-order valence-electron chi connectivity index (χ2n) is 2.38. The molecule has 13 heavy (non-hydrogen) atoms. The Morgan fingerprint density at radius 1 is 1.46 bits per heavy atom. The molecule has 4 N–H and O–H groups in total. The molecule has 0 aromatic rings. The number of anilines is 1. The van der Waals surface area contributed by atoms with Crippen molar-refractivity contribution in [1.82, 2.24) is 19.7 Å². The quantitative estimate of drug-likeness (QED) is 0.451. The van der Waals surface area contributed by atoms with Crippen LogP contribution in [0.15, 0.2) is 12.4 Å². The monoisotopic (exact) mass is 178 g/mol. The van der Waals surface area contributed by atoms with Gasteiger partial charge in [0.05, 0.1) is 6.20 Å². The Labute approximate surface area is 72.3 Å². The molecule has 0 spiro atoms. The van der Waals surface area contributed by atoms with Gasteiger partial charge >= 0.3 is 0 Å². The molecular weight excluding hydrogens is 172 g/mol. The van der Waals surface area contributed by atoms with E-state index >= 15 is 0 Å². The average molecular weight is 178 g/mol. The zero-order valence-electron chi connectivity index (χ0n) is 6.47. The molecule has 2 aliphatic rings. The topological polar surface area (TPSA) is 114 Å². The highest BCUT2D eigenvalue weighted by molar-refractivity contribution is 5.63. The minimum atomic E-state index is -0.249. The number of hydrogen-bond donors (Lipinski definition) is 3. The number of nitrogens with zero attached hydrogens (tertiary/aromatic N) is 4. The highest BCUT2D eigenvalue weighted by Crippen LogP contribution is 2.16. The zero-order chi connectivity index (χ0) is 9.42. The second-order valence-corrected chi connectivity index (χ2v) is 2.38. The van der Waals surface area contributed by atoms with Gasteiger partial charge in [-0.1, -0.05) is 0 Å². The molecule has 0 atom stereocenters. The Morgan fingerprint density at radius 2 is 2.23 bits per heavy atom. The fourth-order valence-electron chi connectivity index (χ4n) is 0.985. The molecular formula is C6H6N6O. The van der Waals surface area contributed by atoms with Gasteiger partial charge in [0.2, 0.25) is 11.4 Å². The van der Waals surface area contributed by atoms with Crippen molar-refractivity contribution in [3.63, 3.8) is 0 Å². The summed E-state index contributed by atoms with van der Waals surface area (Å²) in [7, 11) is 0. The number of aromatic nitrogens is 4. The highest BCUT2D eigenvalue weighted by Gasteiger charge is 2.13. The summed E-state index contributed by atoms with van der Waals surface area (Å²) < 4.78 is 0.748. The summed E-state index contributed by atoms with van der Waals surface area (Å²) in [6.45, 7) is 0. The van der Waals surface area contributed by atoms with Gasteiger partial charge in [-0.05, 0) is 0 Å². The summed E-state index contributed by atoms with van der Waals surface area (Å²) >= 11 is 0. The molecule has 2 rings (SSSR count). The number of nitrogen functional groups attached to an aromatic ring is 1. The Balaban J connectivity index is 2.92. The molecule has 0 fully saturated rings. The first kappa shape index (κ1) is 7.47. The van der Waals surface area contributed by atoms with Crippen LogP contribution in [0.2, 0.25) is 0 Å². The molecule has 0 aromatic heterocycles. The lowest BCUT2D eigenvalue weighted by molar-refractivity contribution is 0.185. The molecule has 0 aromatic carbocycles. The van der Waals surface area contributed by atoms with Gasteiger partial charge in [-0.25, -0.2) is 4.98 Å². The van der Waals surface area contributed by atoms with Gasteiger partial charge in [0.1, 0.15) is 0 Å². The zero-order valence-corrected chi connectivity index (χ0v) is 6.47. The highest BCUT2D eigenvalue weighted by atomic mass is 16.5. The lowest BCUT2D eigenvalue weighted by atomic mass is 10.3. The summed E-state index contributed by atoms with van der Waals surface area (Å²) in [5, 5.41) is 16.4. The third kappa shape index (κ3) is 1.06. The lowest BCUT2D eigenvalue weighted by Crippen LogP contribution is -2.19. The van der Waals surface area contributed by atoms with Crippen molar-refractivity contribution in [2.24, 2.45) is 0 Å². The molecule has 2 aliphatic heterocycles. The predicted octanol–water partition coefficient (Wildman–Crippen LogP) is -0.923. The van der Waals surface area contributed by atoms with E-state index in [0.717, 1.165) is 4.73 Å². The minimum Gasteiger partial charge on any atom is -0.427 e. The van der Waals surface area contributed by atoms with E-state index in [1.165, 1.54) is 12.4 Å². The maximum atomic E-state index is 9.27. The Morgan fingerprint density at radius 3 is 3.00 bits per heavy atom. The summed E-state index contributed by atoms with van der Waals surface area (Å²) in [4.78, 5) is 11.1. The first-order valence-corrected chi connectivity index (χ1v) is 3.43. The molecule has 0 aliphatic carbocycles. The number of nitrogens with one attached hydrogen (secondary N) is 1. The van der Waals surface area contributed by atoms with E-state index in [2.05, 4.69) is 15.0 Å². The molecule has 0 saturated heterocycles. The molecule has 7 heteroatoms. The van der Waals surface area contributed by atoms with Crippen LogP contribution < -0.4 is 11.4 Å². The van der Waals surface area contributed by atoms with Crippen LogP contribution in [0.1, 0.15) is 0 Å².